The molecule has 0 aliphatic heterocycles. The predicted octanol–water partition coefficient (Wildman–Crippen LogP) is 5.46. The number of nitrogens with zero attached hydrogens (tertiary/aromatic N) is 2. The molecule has 0 aromatic heterocycles. The van der Waals surface area contributed by atoms with Crippen LogP contribution in [-0.4, -0.2) is 53.1 Å². The number of rotatable bonds is 12. The van der Waals surface area contributed by atoms with Crippen LogP contribution in [-0.2, 0) is 24.3 Å². The summed E-state index contributed by atoms with van der Waals surface area (Å²) in [5.74, 6) is -0.831. The van der Waals surface area contributed by atoms with Crippen molar-refractivity contribution in [1.82, 2.24) is 0 Å². The van der Waals surface area contributed by atoms with Gasteiger partial charge < -0.3 is 19.7 Å². The predicted molar refractivity (Wildman–Crippen MR) is 166 cm³/mol. The molecular weight excluding hydrogens is 554 g/mol. The van der Waals surface area contributed by atoms with E-state index >= 15 is 0 Å². The molecular formula is C32H35N3O6S. The minimum absolute atomic E-state index is 0.182. The van der Waals surface area contributed by atoms with Gasteiger partial charge in [0, 0.05) is 31.0 Å². The molecule has 0 saturated carbocycles. The van der Waals surface area contributed by atoms with Crippen molar-refractivity contribution >= 4 is 49.7 Å². The number of esters is 1. The van der Waals surface area contributed by atoms with Crippen molar-refractivity contribution in [1.29, 1.82) is 0 Å². The Labute approximate surface area is 246 Å². The second kappa shape index (κ2) is 13.4. The van der Waals surface area contributed by atoms with E-state index in [2.05, 4.69) is 31.0 Å². The van der Waals surface area contributed by atoms with Gasteiger partial charge in [0.05, 0.1) is 10.6 Å². The average Bonchev–Trinajstić information content (AvgIpc) is 2.99. The first-order chi connectivity index (χ1) is 20.1. The van der Waals surface area contributed by atoms with Gasteiger partial charge in [-0.15, -0.1) is 0 Å². The van der Waals surface area contributed by atoms with Crippen LogP contribution < -0.4 is 19.3 Å². The third kappa shape index (κ3) is 7.38. The summed E-state index contributed by atoms with van der Waals surface area (Å²) < 4.78 is 38.1. The SMILES string of the molecule is CCN(c1ccc(NC(=O)COC(=O)COc2ccc(N(C)S(=O)(=O)c3ccc4ccccc4c3)cc2)cc1)C(C)C. The Hall–Kier alpha value is -4.57. The van der Waals surface area contributed by atoms with Gasteiger partial charge in [0.15, 0.2) is 13.2 Å². The lowest BCUT2D eigenvalue weighted by Crippen LogP contribution is -2.30. The maximum atomic E-state index is 13.2. The fraction of sp³-hybridized carbons (Fsp3) is 0.250. The van der Waals surface area contributed by atoms with E-state index in [9.17, 15) is 18.0 Å². The third-order valence-electron chi connectivity index (χ3n) is 6.75. The number of benzene rings is 4. The molecule has 0 saturated heterocycles. The average molecular weight is 590 g/mol. The molecule has 220 valence electrons. The first-order valence-corrected chi connectivity index (χ1v) is 15.0. The van der Waals surface area contributed by atoms with Crippen LogP contribution in [0.1, 0.15) is 20.8 Å². The number of carbonyl (C=O) groups is 2. The van der Waals surface area contributed by atoms with Gasteiger partial charge in [-0.05, 0) is 92.2 Å². The van der Waals surface area contributed by atoms with E-state index < -0.39 is 35.1 Å². The number of hydrogen-bond donors (Lipinski definition) is 1. The van der Waals surface area contributed by atoms with Gasteiger partial charge in [0.2, 0.25) is 0 Å². The summed E-state index contributed by atoms with van der Waals surface area (Å²) in [6.45, 7) is 6.33. The van der Waals surface area contributed by atoms with Gasteiger partial charge in [-0.2, -0.15) is 0 Å². The molecule has 10 heteroatoms. The largest absolute Gasteiger partial charge is 0.482 e. The first kappa shape index (κ1) is 30.4. The second-order valence-electron chi connectivity index (χ2n) is 9.90. The lowest BCUT2D eigenvalue weighted by molar-refractivity contribution is -0.149. The highest BCUT2D eigenvalue weighted by Crippen LogP contribution is 2.26. The van der Waals surface area contributed by atoms with E-state index in [0.29, 0.717) is 23.2 Å². The summed E-state index contributed by atoms with van der Waals surface area (Å²) in [6.07, 6.45) is 0. The molecule has 0 aliphatic rings. The third-order valence-corrected chi connectivity index (χ3v) is 8.53. The summed E-state index contributed by atoms with van der Waals surface area (Å²) in [4.78, 5) is 26.8. The molecule has 42 heavy (non-hydrogen) atoms. The van der Waals surface area contributed by atoms with Crippen molar-refractivity contribution in [2.24, 2.45) is 0 Å². The lowest BCUT2D eigenvalue weighted by Gasteiger charge is -2.27. The van der Waals surface area contributed by atoms with E-state index in [1.165, 1.54) is 11.4 Å². The molecule has 1 amide bonds. The summed E-state index contributed by atoms with van der Waals surface area (Å²) in [5.41, 5.74) is 2.08. The molecule has 4 aromatic carbocycles. The Bertz CT molecular complexity index is 1640. The minimum Gasteiger partial charge on any atom is -0.482 e. The topological polar surface area (TPSA) is 105 Å². The van der Waals surface area contributed by atoms with E-state index in [1.54, 1.807) is 54.6 Å². The van der Waals surface area contributed by atoms with Gasteiger partial charge in [0.1, 0.15) is 5.75 Å². The lowest BCUT2D eigenvalue weighted by atomic mass is 10.1. The number of anilines is 3. The summed E-state index contributed by atoms with van der Waals surface area (Å²) in [6, 6.07) is 26.7. The van der Waals surface area contributed by atoms with Gasteiger partial charge in [-0.25, -0.2) is 13.2 Å². The van der Waals surface area contributed by atoms with Crippen LogP contribution in [0.15, 0.2) is 95.9 Å². The number of nitrogens with one attached hydrogen (secondary N) is 1. The summed E-state index contributed by atoms with van der Waals surface area (Å²) in [5, 5.41) is 4.49. The second-order valence-corrected chi connectivity index (χ2v) is 11.9. The van der Waals surface area contributed by atoms with Crippen LogP contribution in [0, 0.1) is 0 Å². The molecule has 9 nitrogen and oxygen atoms in total. The Kier molecular flexibility index (Phi) is 9.69. The Balaban J connectivity index is 1.25. The number of hydrogen-bond acceptors (Lipinski definition) is 7. The van der Waals surface area contributed by atoms with Crippen molar-refractivity contribution < 1.29 is 27.5 Å². The molecule has 0 fully saturated rings. The number of sulfonamides is 1. The van der Waals surface area contributed by atoms with Crippen LogP contribution >= 0.6 is 0 Å². The van der Waals surface area contributed by atoms with E-state index in [1.807, 2.05) is 36.4 Å². The van der Waals surface area contributed by atoms with Crippen molar-refractivity contribution in [2.75, 3.05) is 41.3 Å². The first-order valence-electron chi connectivity index (χ1n) is 13.6. The van der Waals surface area contributed by atoms with E-state index in [-0.39, 0.29) is 4.90 Å². The van der Waals surface area contributed by atoms with Crippen LogP contribution in [0.4, 0.5) is 17.1 Å². The molecule has 0 atom stereocenters. The zero-order valence-electron chi connectivity index (χ0n) is 24.1. The number of ether oxygens (including phenoxy) is 2. The van der Waals surface area contributed by atoms with Crippen molar-refractivity contribution in [3.05, 3.63) is 91.0 Å². The Morgan fingerprint density at radius 1 is 0.833 bits per heavy atom. The highest BCUT2D eigenvalue weighted by atomic mass is 32.2. The van der Waals surface area contributed by atoms with Crippen LogP contribution in [0.3, 0.4) is 0 Å². The molecule has 4 rings (SSSR count). The highest BCUT2D eigenvalue weighted by molar-refractivity contribution is 7.92. The molecule has 0 radical (unpaired) electrons. The van der Waals surface area contributed by atoms with Crippen LogP contribution in [0.2, 0.25) is 0 Å². The van der Waals surface area contributed by atoms with E-state index in [4.69, 9.17) is 9.47 Å². The fourth-order valence-electron chi connectivity index (χ4n) is 4.49. The standard InChI is InChI=1S/C32H35N3O6S/c1-5-35(23(2)3)28-13-11-26(12-14-28)33-31(36)21-41-32(37)22-40-29-17-15-27(16-18-29)34(4)42(38,39)30-19-10-24-8-6-7-9-25(24)20-30/h6-20,23H,5,21-22H2,1-4H3,(H,33,36). The highest BCUT2D eigenvalue weighted by Gasteiger charge is 2.22. The smallest absolute Gasteiger partial charge is 0.344 e. The normalized spacial score (nSPS) is 11.3. The number of fused-ring (bicyclic) bond motifs is 1. The monoisotopic (exact) mass is 589 g/mol. The Morgan fingerprint density at radius 3 is 2.12 bits per heavy atom. The number of carbonyl (C=O) groups excluding carboxylic acids is 2. The van der Waals surface area contributed by atoms with Gasteiger partial charge in [-0.1, -0.05) is 30.3 Å². The molecule has 0 unspecified atom stereocenters. The summed E-state index contributed by atoms with van der Waals surface area (Å²) >= 11 is 0. The zero-order valence-corrected chi connectivity index (χ0v) is 24.9. The van der Waals surface area contributed by atoms with Crippen molar-refractivity contribution in [2.45, 2.75) is 31.7 Å². The van der Waals surface area contributed by atoms with Crippen molar-refractivity contribution in [3.63, 3.8) is 0 Å². The van der Waals surface area contributed by atoms with E-state index in [0.717, 1.165) is 23.0 Å². The zero-order chi connectivity index (χ0) is 30.3. The quantitative estimate of drug-likeness (QED) is 0.219. The summed E-state index contributed by atoms with van der Waals surface area (Å²) in [7, 11) is -2.32. The fourth-order valence-corrected chi connectivity index (χ4v) is 5.72. The van der Waals surface area contributed by atoms with Crippen molar-refractivity contribution in [3.8, 4) is 5.75 Å². The Morgan fingerprint density at radius 2 is 1.48 bits per heavy atom. The van der Waals surface area contributed by atoms with Crippen LogP contribution in [0.5, 0.6) is 5.75 Å². The van der Waals surface area contributed by atoms with Gasteiger partial charge >= 0.3 is 5.97 Å². The molecule has 0 bridgehead atoms. The maximum absolute atomic E-state index is 13.2. The van der Waals surface area contributed by atoms with Crippen LogP contribution in [0.25, 0.3) is 10.8 Å². The molecule has 1 N–H and O–H groups in total. The molecule has 4 aromatic rings. The molecule has 0 spiro atoms. The molecule has 0 heterocycles. The molecule has 0 aliphatic carbocycles. The maximum Gasteiger partial charge on any atom is 0.344 e. The van der Waals surface area contributed by atoms with Gasteiger partial charge in [-0.3, -0.25) is 9.10 Å². The minimum atomic E-state index is -3.79. The van der Waals surface area contributed by atoms with Gasteiger partial charge in [0.25, 0.3) is 15.9 Å². The number of amides is 1.